The number of rotatable bonds is 4. The minimum absolute atomic E-state index is 0.101. The summed E-state index contributed by atoms with van der Waals surface area (Å²) in [6.45, 7) is 0. The smallest absolute Gasteiger partial charge is 0.344 e. The Morgan fingerprint density at radius 1 is 1.48 bits per heavy atom. The van der Waals surface area contributed by atoms with Crippen LogP contribution in [0.5, 0.6) is 0 Å². The Morgan fingerprint density at radius 3 is 2.81 bits per heavy atom. The summed E-state index contributed by atoms with van der Waals surface area (Å²) in [5.41, 5.74) is 0.481. The first-order chi connectivity index (χ1) is 10.0. The molecule has 1 heterocycles. The van der Waals surface area contributed by atoms with Crippen LogP contribution in [-0.2, 0) is 4.74 Å². The van der Waals surface area contributed by atoms with E-state index in [9.17, 15) is 14.9 Å². The van der Waals surface area contributed by atoms with Crippen molar-refractivity contribution in [1.29, 1.82) is 0 Å². The molecule has 8 heteroatoms. The van der Waals surface area contributed by atoms with Crippen LogP contribution in [0.1, 0.15) is 15.9 Å². The van der Waals surface area contributed by atoms with Crippen LogP contribution < -0.4 is 0 Å². The first kappa shape index (κ1) is 15.3. The number of esters is 1. The van der Waals surface area contributed by atoms with E-state index in [2.05, 4.69) is 25.7 Å². The van der Waals surface area contributed by atoms with Crippen molar-refractivity contribution in [2.24, 2.45) is 4.99 Å². The molecule has 0 aliphatic carbocycles. The summed E-state index contributed by atoms with van der Waals surface area (Å²) in [7, 11) is 1.18. The van der Waals surface area contributed by atoms with Gasteiger partial charge in [0.05, 0.1) is 27.8 Å². The zero-order chi connectivity index (χ0) is 15.4. The van der Waals surface area contributed by atoms with Gasteiger partial charge < -0.3 is 4.74 Å². The van der Waals surface area contributed by atoms with Gasteiger partial charge in [-0.2, -0.15) is 0 Å². The molecule has 108 valence electrons. The number of thiophene rings is 1. The zero-order valence-corrected chi connectivity index (χ0v) is 13.2. The van der Waals surface area contributed by atoms with E-state index in [1.165, 1.54) is 36.8 Å². The van der Waals surface area contributed by atoms with Crippen LogP contribution in [0.3, 0.4) is 0 Å². The van der Waals surface area contributed by atoms with E-state index in [-0.39, 0.29) is 16.8 Å². The number of carbonyl (C=O) groups is 1. The largest absolute Gasteiger partial charge is 0.465 e. The second-order valence-electron chi connectivity index (χ2n) is 3.86. The maximum absolute atomic E-state index is 11.6. The normalized spacial score (nSPS) is 10.8. The van der Waals surface area contributed by atoms with E-state index >= 15 is 0 Å². The Morgan fingerprint density at radius 2 is 2.24 bits per heavy atom. The summed E-state index contributed by atoms with van der Waals surface area (Å²) < 4.78 is 5.36. The van der Waals surface area contributed by atoms with Gasteiger partial charge in [0.25, 0.3) is 5.69 Å². The van der Waals surface area contributed by atoms with Gasteiger partial charge in [0.15, 0.2) is 0 Å². The molecule has 0 saturated carbocycles. The second kappa shape index (κ2) is 6.59. The van der Waals surface area contributed by atoms with Crippen LogP contribution >= 0.6 is 27.3 Å². The van der Waals surface area contributed by atoms with Gasteiger partial charge in [-0.25, -0.2) is 4.79 Å². The predicted octanol–water partition coefficient (Wildman–Crippen LogP) is 3.96. The van der Waals surface area contributed by atoms with Crippen LogP contribution in [0.2, 0.25) is 0 Å². The number of hydrogen-bond acceptors (Lipinski definition) is 6. The highest BCUT2D eigenvalue weighted by atomic mass is 79.9. The van der Waals surface area contributed by atoms with Crippen molar-refractivity contribution in [3.05, 3.63) is 54.7 Å². The second-order valence-corrected chi connectivity index (χ2v) is 5.45. The van der Waals surface area contributed by atoms with Crippen molar-refractivity contribution in [2.45, 2.75) is 0 Å². The lowest BCUT2D eigenvalue weighted by molar-refractivity contribution is -0.385. The van der Waals surface area contributed by atoms with Crippen molar-refractivity contribution >= 4 is 50.8 Å². The number of nitrogens with zero attached hydrogens (tertiary/aromatic N) is 2. The molecule has 2 rings (SSSR count). The molecule has 0 fully saturated rings. The van der Waals surface area contributed by atoms with Gasteiger partial charge in [-0.15, -0.1) is 11.3 Å². The van der Waals surface area contributed by atoms with Gasteiger partial charge in [-0.1, -0.05) is 6.07 Å². The molecule has 0 saturated heterocycles. The third kappa shape index (κ3) is 3.34. The zero-order valence-electron chi connectivity index (χ0n) is 10.8. The van der Waals surface area contributed by atoms with Crippen LogP contribution in [0, 0.1) is 10.1 Å². The lowest BCUT2D eigenvalue weighted by Gasteiger charge is -2.03. The average molecular weight is 369 g/mol. The fourth-order valence-corrected chi connectivity index (χ4v) is 2.97. The standard InChI is InChI=1S/C13H9BrN2O4S/c1-20-13(17)9-4-2-3-8(12(9)16(18)19)5-15-11-7-21-6-10(11)14/h2-7H,1H3/b15-5+. The first-order valence-electron chi connectivity index (χ1n) is 5.66. The van der Waals surface area contributed by atoms with Gasteiger partial charge in [0.2, 0.25) is 0 Å². The average Bonchev–Trinajstić information content (AvgIpc) is 2.88. The number of aliphatic imine (C=N–C) groups is 1. The van der Waals surface area contributed by atoms with Gasteiger partial charge in [0.1, 0.15) is 5.56 Å². The van der Waals surface area contributed by atoms with Crippen molar-refractivity contribution in [3.8, 4) is 0 Å². The Bertz CT molecular complexity index is 727. The fourth-order valence-electron chi connectivity index (χ4n) is 1.65. The van der Waals surface area contributed by atoms with Gasteiger partial charge >= 0.3 is 5.97 Å². The van der Waals surface area contributed by atoms with Crippen LogP contribution in [0.4, 0.5) is 11.4 Å². The maximum Gasteiger partial charge on any atom is 0.344 e. The fraction of sp³-hybridized carbons (Fsp3) is 0.0769. The van der Waals surface area contributed by atoms with Gasteiger partial charge in [-0.05, 0) is 28.1 Å². The Labute approximate surface area is 132 Å². The molecular formula is C13H9BrN2O4S. The summed E-state index contributed by atoms with van der Waals surface area (Å²) in [5, 5.41) is 14.9. The summed E-state index contributed by atoms with van der Waals surface area (Å²) in [5.74, 6) is -0.756. The quantitative estimate of drug-likeness (QED) is 0.354. The Kier molecular flexibility index (Phi) is 4.81. The molecule has 0 bridgehead atoms. The number of ether oxygens (including phenoxy) is 1. The summed E-state index contributed by atoms with van der Waals surface area (Å²) in [6, 6.07) is 4.42. The first-order valence-corrected chi connectivity index (χ1v) is 7.39. The molecule has 0 amide bonds. The molecule has 0 radical (unpaired) electrons. The summed E-state index contributed by atoms with van der Waals surface area (Å²) >= 11 is 4.78. The highest BCUT2D eigenvalue weighted by molar-refractivity contribution is 9.10. The van der Waals surface area contributed by atoms with Crippen molar-refractivity contribution in [1.82, 2.24) is 0 Å². The number of hydrogen-bond donors (Lipinski definition) is 0. The number of methoxy groups -OCH3 is 1. The molecule has 0 unspecified atom stereocenters. The minimum Gasteiger partial charge on any atom is -0.465 e. The maximum atomic E-state index is 11.6. The SMILES string of the molecule is COC(=O)c1cccc(/C=N/c2cscc2Br)c1[N+](=O)[O-]. The third-order valence-corrected chi connectivity index (χ3v) is 4.26. The van der Waals surface area contributed by atoms with Crippen LogP contribution in [-0.4, -0.2) is 24.2 Å². The molecule has 6 nitrogen and oxygen atoms in total. The van der Waals surface area contributed by atoms with E-state index in [0.29, 0.717) is 5.69 Å². The Hall–Kier alpha value is -2.06. The highest BCUT2D eigenvalue weighted by Crippen LogP contribution is 2.30. The number of halogens is 1. The molecule has 0 aliphatic rings. The van der Waals surface area contributed by atoms with Crippen molar-refractivity contribution in [2.75, 3.05) is 7.11 Å². The van der Waals surface area contributed by atoms with Gasteiger partial charge in [-0.3, -0.25) is 15.1 Å². The highest BCUT2D eigenvalue weighted by Gasteiger charge is 2.24. The monoisotopic (exact) mass is 368 g/mol. The number of nitro groups is 1. The van der Waals surface area contributed by atoms with Crippen LogP contribution in [0.15, 0.2) is 38.4 Å². The molecule has 0 spiro atoms. The van der Waals surface area contributed by atoms with Crippen molar-refractivity contribution in [3.63, 3.8) is 0 Å². The summed E-state index contributed by atoms with van der Waals surface area (Å²) in [4.78, 5) is 26.4. The lowest BCUT2D eigenvalue weighted by Crippen LogP contribution is -2.07. The molecule has 0 aliphatic heterocycles. The van der Waals surface area contributed by atoms with Crippen LogP contribution in [0.25, 0.3) is 0 Å². The molecule has 21 heavy (non-hydrogen) atoms. The predicted molar refractivity (Wildman–Crippen MR) is 83.7 cm³/mol. The molecule has 2 aromatic rings. The molecule has 1 aromatic heterocycles. The Balaban J connectivity index is 2.49. The lowest BCUT2D eigenvalue weighted by atomic mass is 10.1. The number of carbonyl (C=O) groups excluding carboxylic acids is 1. The van der Waals surface area contributed by atoms with E-state index in [0.717, 1.165) is 4.47 Å². The third-order valence-electron chi connectivity index (χ3n) is 2.59. The van der Waals surface area contributed by atoms with E-state index in [1.807, 2.05) is 5.38 Å². The molecule has 1 aromatic carbocycles. The topological polar surface area (TPSA) is 81.8 Å². The van der Waals surface area contributed by atoms with Crippen molar-refractivity contribution < 1.29 is 14.5 Å². The molecule has 0 atom stereocenters. The number of para-hydroxylation sites is 1. The molecule has 0 N–H and O–H groups in total. The number of nitro benzene ring substituents is 1. The minimum atomic E-state index is -0.756. The number of benzene rings is 1. The van der Waals surface area contributed by atoms with E-state index < -0.39 is 10.9 Å². The summed E-state index contributed by atoms with van der Waals surface area (Å²) in [6.07, 6.45) is 1.36. The van der Waals surface area contributed by atoms with Gasteiger partial charge in [0, 0.05) is 17.0 Å². The molecular weight excluding hydrogens is 360 g/mol. The van der Waals surface area contributed by atoms with E-state index in [4.69, 9.17) is 0 Å². The van der Waals surface area contributed by atoms with E-state index in [1.54, 1.807) is 11.4 Å².